The Kier molecular flexibility index (Phi) is 5.74. The summed E-state index contributed by atoms with van der Waals surface area (Å²) < 4.78 is 12.7. The van der Waals surface area contributed by atoms with Gasteiger partial charge in [0.25, 0.3) is 0 Å². The van der Waals surface area contributed by atoms with E-state index in [0.29, 0.717) is 12.5 Å². The van der Waals surface area contributed by atoms with Gasteiger partial charge >= 0.3 is 0 Å². The minimum Gasteiger partial charge on any atom is -0.353 e. The Morgan fingerprint density at radius 2 is 2.20 bits per heavy atom. The first-order chi connectivity index (χ1) is 9.74. The summed E-state index contributed by atoms with van der Waals surface area (Å²) in [5.74, 6) is 0.302. The summed E-state index contributed by atoms with van der Waals surface area (Å²) in [7, 11) is 0. The topological polar surface area (TPSA) is 41.1 Å². The number of carbonyl (C=O) groups is 1. The van der Waals surface area contributed by atoms with Gasteiger partial charge in [-0.15, -0.1) is 0 Å². The maximum Gasteiger partial charge on any atom is 0.243 e. The van der Waals surface area contributed by atoms with Crippen molar-refractivity contribution in [3.8, 4) is 0 Å². The number of benzene rings is 1. The molecule has 1 saturated heterocycles. The van der Waals surface area contributed by atoms with Crippen molar-refractivity contribution in [2.75, 3.05) is 19.6 Å². The fourth-order valence-electron chi connectivity index (χ4n) is 2.37. The molecule has 108 valence electrons. The monoisotopic (exact) mass is 276 g/mol. The second-order valence-electron chi connectivity index (χ2n) is 5.18. The number of nitrogens with one attached hydrogen (secondary N) is 2. The quantitative estimate of drug-likeness (QED) is 0.811. The van der Waals surface area contributed by atoms with Crippen molar-refractivity contribution in [3.05, 3.63) is 41.7 Å². The van der Waals surface area contributed by atoms with E-state index in [-0.39, 0.29) is 11.7 Å². The lowest BCUT2D eigenvalue weighted by molar-refractivity contribution is -0.116. The van der Waals surface area contributed by atoms with Crippen molar-refractivity contribution in [1.82, 2.24) is 10.6 Å². The predicted molar refractivity (Wildman–Crippen MR) is 78.7 cm³/mol. The van der Waals surface area contributed by atoms with Gasteiger partial charge in [0.05, 0.1) is 0 Å². The second kappa shape index (κ2) is 7.80. The van der Waals surface area contributed by atoms with E-state index >= 15 is 0 Å². The molecule has 20 heavy (non-hydrogen) atoms. The van der Waals surface area contributed by atoms with Crippen LogP contribution < -0.4 is 10.6 Å². The van der Waals surface area contributed by atoms with Gasteiger partial charge in [-0.05, 0) is 62.0 Å². The highest BCUT2D eigenvalue weighted by Crippen LogP contribution is 2.12. The molecule has 0 saturated carbocycles. The Morgan fingerprint density at radius 1 is 1.40 bits per heavy atom. The summed E-state index contributed by atoms with van der Waals surface area (Å²) >= 11 is 0. The van der Waals surface area contributed by atoms with Crippen LogP contribution in [0.3, 0.4) is 0 Å². The number of rotatable bonds is 5. The highest BCUT2D eigenvalue weighted by Gasteiger charge is 2.12. The van der Waals surface area contributed by atoms with Crippen LogP contribution in [-0.4, -0.2) is 25.5 Å². The lowest BCUT2D eigenvalue weighted by atomic mass is 9.96. The summed E-state index contributed by atoms with van der Waals surface area (Å²) in [6, 6.07) is 6.06. The summed E-state index contributed by atoms with van der Waals surface area (Å²) in [6.07, 6.45) is 6.67. The average molecular weight is 276 g/mol. The van der Waals surface area contributed by atoms with E-state index in [0.717, 1.165) is 25.1 Å². The van der Waals surface area contributed by atoms with Crippen molar-refractivity contribution in [2.45, 2.75) is 19.3 Å². The molecule has 2 rings (SSSR count). The van der Waals surface area contributed by atoms with Crippen molar-refractivity contribution < 1.29 is 9.18 Å². The first-order valence-corrected chi connectivity index (χ1v) is 7.16. The first kappa shape index (κ1) is 14.7. The van der Waals surface area contributed by atoms with E-state index in [2.05, 4.69) is 10.6 Å². The molecule has 0 radical (unpaired) electrons. The smallest absolute Gasteiger partial charge is 0.243 e. The van der Waals surface area contributed by atoms with Gasteiger partial charge in [0, 0.05) is 12.6 Å². The van der Waals surface area contributed by atoms with Gasteiger partial charge in [-0.25, -0.2) is 4.39 Å². The Morgan fingerprint density at radius 3 is 2.90 bits per heavy atom. The highest BCUT2D eigenvalue weighted by atomic mass is 19.1. The van der Waals surface area contributed by atoms with Crippen LogP contribution in [0.4, 0.5) is 4.39 Å². The van der Waals surface area contributed by atoms with Crippen LogP contribution >= 0.6 is 0 Å². The average Bonchev–Trinajstić information content (AvgIpc) is 2.48. The third-order valence-electron chi connectivity index (χ3n) is 3.55. The first-order valence-electron chi connectivity index (χ1n) is 7.16. The Hall–Kier alpha value is -1.68. The van der Waals surface area contributed by atoms with E-state index in [4.69, 9.17) is 0 Å². The zero-order valence-corrected chi connectivity index (χ0v) is 11.6. The van der Waals surface area contributed by atoms with Crippen LogP contribution in [0, 0.1) is 11.7 Å². The van der Waals surface area contributed by atoms with Gasteiger partial charge in [-0.2, -0.15) is 0 Å². The van der Waals surface area contributed by atoms with Crippen LogP contribution in [0.1, 0.15) is 24.8 Å². The second-order valence-corrected chi connectivity index (χ2v) is 5.18. The molecule has 1 aliphatic heterocycles. The summed E-state index contributed by atoms with van der Waals surface area (Å²) in [5.41, 5.74) is 0.818. The molecule has 1 unspecified atom stereocenters. The summed E-state index contributed by atoms with van der Waals surface area (Å²) in [6.45, 7) is 2.88. The van der Waals surface area contributed by atoms with E-state index < -0.39 is 0 Å². The standard InChI is InChI=1S/C16H21FN2O/c17-15-6-3-13(4-7-15)5-8-16(20)19-11-9-14-2-1-10-18-12-14/h3-8,14,18H,1-2,9-12H2,(H,19,20). The van der Waals surface area contributed by atoms with Crippen molar-refractivity contribution in [2.24, 2.45) is 5.92 Å². The molecule has 1 heterocycles. The Balaban J connectivity index is 1.68. The van der Waals surface area contributed by atoms with Crippen LogP contribution in [-0.2, 0) is 4.79 Å². The molecule has 1 aromatic carbocycles. The molecular weight excluding hydrogens is 255 g/mol. The van der Waals surface area contributed by atoms with E-state index in [1.54, 1.807) is 18.2 Å². The molecular formula is C16H21FN2O. The van der Waals surface area contributed by atoms with Crippen molar-refractivity contribution in [3.63, 3.8) is 0 Å². The number of carbonyl (C=O) groups excluding carboxylic acids is 1. The predicted octanol–water partition coefficient (Wildman–Crippen LogP) is 2.34. The van der Waals surface area contributed by atoms with E-state index in [1.807, 2.05) is 0 Å². The van der Waals surface area contributed by atoms with Crippen LogP contribution in [0.2, 0.25) is 0 Å². The molecule has 3 nitrogen and oxygen atoms in total. The van der Waals surface area contributed by atoms with Gasteiger partial charge in [-0.1, -0.05) is 12.1 Å². The van der Waals surface area contributed by atoms with E-state index in [9.17, 15) is 9.18 Å². The summed E-state index contributed by atoms with van der Waals surface area (Å²) in [5, 5.41) is 6.25. The molecule has 0 aromatic heterocycles. The molecule has 1 atom stereocenters. The molecule has 1 fully saturated rings. The molecule has 0 spiro atoms. The highest BCUT2D eigenvalue weighted by molar-refractivity contribution is 5.91. The molecule has 4 heteroatoms. The molecule has 2 N–H and O–H groups in total. The van der Waals surface area contributed by atoms with Gasteiger partial charge in [-0.3, -0.25) is 4.79 Å². The third kappa shape index (κ3) is 5.13. The van der Waals surface area contributed by atoms with Crippen molar-refractivity contribution >= 4 is 12.0 Å². The SMILES string of the molecule is O=C(C=Cc1ccc(F)cc1)NCCC1CCCNC1. The lowest BCUT2D eigenvalue weighted by Crippen LogP contribution is -2.32. The van der Waals surface area contributed by atoms with E-state index in [1.165, 1.54) is 31.1 Å². The van der Waals surface area contributed by atoms with Gasteiger partial charge in [0.15, 0.2) is 0 Å². The molecule has 1 aliphatic rings. The number of hydrogen-bond donors (Lipinski definition) is 2. The zero-order valence-electron chi connectivity index (χ0n) is 11.6. The fraction of sp³-hybridized carbons (Fsp3) is 0.438. The molecule has 1 aromatic rings. The number of piperidine rings is 1. The number of amides is 1. The third-order valence-corrected chi connectivity index (χ3v) is 3.55. The van der Waals surface area contributed by atoms with Gasteiger partial charge in [0.1, 0.15) is 5.82 Å². The van der Waals surface area contributed by atoms with Crippen LogP contribution in [0.25, 0.3) is 6.08 Å². The maximum absolute atomic E-state index is 12.7. The molecule has 0 aliphatic carbocycles. The van der Waals surface area contributed by atoms with Crippen LogP contribution in [0.15, 0.2) is 30.3 Å². The van der Waals surface area contributed by atoms with Gasteiger partial charge in [0.2, 0.25) is 5.91 Å². The largest absolute Gasteiger partial charge is 0.353 e. The maximum atomic E-state index is 12.7. The Bertz CT molecular complexity index is 450. The summed E-state index contributed by atoms with van der Waals surface area (Å²) in [4.78, 5) is 11.6. The normalized spacial score (nSPS) is 19.1. The Labute approximate surface area is 119 Å². The van der Waals surface area contributed by atoms with Crippen molar-refractivity contribution in [1.29, 1.82) is 0 Å². The fourth-order valence-corrected chi connectivity index (χ4v) is 2.37. The lowest BCUT2D eigenvalue weighted by Gasteiger charge is -2.22. The van der Waals surface area contributed by atoms with Gasteiger partial charge < -0.3 is 10.6 Å². The minimum absolute atomic E-state index is 0.0990. The van der Waals surface area contributed by atoms with Crippen LogP contribution in [0.5, 0.6) is 0 Å². The number of hydrogen-bond acceptors (Lipinski definition) is 2. The molecule has 1 amide bonds. The number of halogens is 1. The molecule has 0 bridgehead atoms. The zero-order chi connectivity index (χ0) is 14.2. The minimum atomic E-state index is -0.271.